The number of allylic oxidation sites excluding steroid dienone is 2. The van der Waals surface area contributed by atoms with Gasteiger partial charge < -0.3 is 14.2 Å². The Morgan fingerprint density at radius 1 is 0.268 bits per heavy atom. The van der Waals surface area contributed by atoms with Gasteiger partial charge in [-0.25, -0.2) is 0 Å². The molecule has 0 bridgehead atoms. The van der Waals surface area contributed by atoms with Crippen LogP contribution in [0.4, 0.5) is 0 Å². The van der Waals surface area contributed by atoms with Gasteiger partial charge in [0.2, 0.25) is 0 Å². The highest BCUT2D eigenvalue weighted by Crippen LogP contribution is 2.18. The second kappa shape index (κ2) is 60.7. The summed E-state index contributed by atoms with van der Waals surface area (Å²) in [6, 6.07) is 0. The van der Waals surface area contributed by atoms with E-state index in [1.165, 1.54) is 270 Å². The molecule has 6 nitrogen and oxygen atoms in total. The van der Waals surface area contributed by atoms with Crippen LogP contribution in [0.2, 0.25) is 0 Å². The van der Waals surface area contributed by atoms with Crippen LogP contribution in [0.3, 0.4) is 0 Å². The van der Waals surface area contributed by atoms with E-state index in [1.807, 2.05) is 0 Å². The van der Waals surface area contributed by atoms with Gasteiger partial charge in [-0.15, -0.1) is 0 Å². The minimum atomic E-state index is -0.767. The summed E-state index contributed by atoms with van der Waals surface area (Å²) in [5, 5.41) is 0. The van der Waals surface area contributed by atoms with Crippen LogP contribution in [0.15, 0.2) is 12.2 Å². The van der Waals surface area contributed by atoms with Crippen molar-refractivity contribution in [2.75, 3.05) is 13.2 Å². The molecule has 0 rings (SSSR count). The Balaban J connectivity index is 4.25. The van der Waals surface area contributed by atoms with Crippen LogP contribution in [0.1, 0.15) is 367 Å². The highest BCUT2D eigenvalue weighted by molar-refractivity contribution is 5.71. The van der Waals surface area contributed by atoms with E-state index in [-0.39, 0.29) is 31.1 Å². The monoisotopic (exact) mass is 1000 g/mol. The Morgan fingerprint density at radius 2 is 0.465 bits per heavy atom. The summed E-state index contributed by atoms with van der Waals surface area (Å²) < 4.78 is 16.9. The molecule has 0 saturated carbocycles. The molecule has 1 atom stereocenters. The third-order valence-electron chi connectivity index (χ3n) is 14.8. The molecular formula is C65H124O6. The highest BCUT2D eigenvalue weighted by Gasteiger charge is 2.19. The Labute approximate surface area is 443 Å². The van der Waals surface area contributed by atoms with Crippen LogP contribution in [-0.2, 0) is 28.6 Å². The molecule has 0 spiro atoms. The Morgan fingerprint density at radius 3 is 0.704 bits per heavy atom. The van der Waals surface area contributed by atoms with Gasteiger partial charge in [0.25, 0.3) is 0 Å². The van der Waals surface area contributed by atoms with Crippen molar-refractivity contribution in [2.24, 2.45) is 0 Å². The molecule has 6 heteroatoms. The molecule has 0 saturated heterocycles. The second-order valence-corrected chi connectivity index (χ2v) is 22.0. The normalized spacial score (nSPS) is 12.0. The molecule has 0 aromatic carbocycles. The van der Waals surface area contributed by atoms with Crippen LogP contribution in [0.25, 0.3) is 0 Å². The van der Waals surface area contributed by atoms with Crippen molar-refractivity contribution in [1.29, 1.82) is 0 Å². The third kappa shape index (κ3) is 58.9. The van der Waals surface area contributed by atoms with E-state index in [2.05, 4.69) is 32.9 Å². The lowest BCUT2D eigenvalue weighted by Gasteiger charge is -2.18. The Kier molecular flexibility index (Phi) is 59.1. The van der Waals surface area contributed by atoms with E-state index in [0.717, 1.165) is 57.8 Å². The number of carbonyl (C=O) groups excluding carboxylic acids is 3. The fraction of sp³-hybridized carbons (Fsp3) is 0.923. The lowest BCUT2D eigenvalue weighted by molar-refractivity contribution is -0.167. The summed E-state index contributed by atoms with van der Waals surface area (Å²) in [6.45, 7) is 6.71. The van der Waals surface area contributed by atoms with Crippen LogP contribution in [-0.4, -0.2) is 37.2 Å². The van der Waals surface area contributed by atoms with E-state index in [4.69, 9.17) is 14.2 Å². The van der Waals surface area contributed by atoms with Gasteiger partial charge >= 0.3 is 17.9 Å². The van der Waals surface area contributed by atoms with Crippen LogP contribution >= 0.6 is 0 Å². The maximum Gasteiger partial charge on any atom is 0.306 e. The molecule has 0 fully saturated rings. The number of ether oxygens (including phenoxy) is 3. The largest absolute Gasteiger partial charge is 0.462 e. The number of unbranched alkanes of at least 4 members (excludes halogenated alkanes) is 47. The summed E-state index contributed by atoms with van der Waals surface area (Å²) in [7, 11) is 0. The minimum Gasteiger partial charge on any atom is -0.462 e. The quantitative estimate of drug-likeness (QED) is 0.0261. The van der Waals surface area contributed by atoms with Crippen molar-refractivity contribution in [1.82, 2.24) is 0 Å². The average molecular weight is 1000 g/mol. The average Bonchev–Trinajstić information content (AvgIpc) is 3.37. The number of hydrogen-bond acceptors (Lipinski definition) is 6. The fourth-order valence-electron chi connectivity index (χ4n) is 9.91. The molecular weight excluding hydrogens is 877 g/mol. The van der Waals surface area contributed by atoms with Gasteiger partial charge in [0, 0.05) is 19.3 Å². The van der Waals surface area contributed by atoms with Crippen molar-refractivity contribution < 1.29 is 28.6 Å². The first-order valence-electron chi connectivity index (χ1n) is 32.2. The molecule has 0 aromatic rings. The van der Waals surface area contributed by atoms with E-state index in [0.29, 0.717) is 19.3 Å². The zero-order chi connectivity index (χ0) is 51.4. The van der Waals surface area contributed by atoms with Crippen molar-refractivity contribution in [3.8, 4) is 0 Å². The first-order valence-corrected chi connectivity index (χ1v) is 32.2. The molecule has 0 aliphatic rings. The molecule has 0 aromatic heterocycles. The molecule has 0 aliphatic carbocycles. The van der Waals surface area contributed by atoms with Gasteiger partial charge in [-0.3, -0.25) is 14.4 Å². The van der Waals surface area contributed by atoms with Crippen molar-refractivity contribution in [2.45, 2.75) is 374 Å². The predicted molar refractivity (Wildman–Crippen MR) is 307 cm³/mol. The molecule has 0 heterocycles. The molecule has 0 radical (unpaired) electrons. The number of hydrogen-bond donors (Lipinski definition) is 0. The maximum absolute atomic E-state index is 12.9. The standard InChI is InChI=1S/C65H124O6/c1-4-7-10-13-16-19-22-25-27-29-31-32-33-34-36-37-40-43-46-49-52-55-58-64(67)70-61-62(60-69-63(66)57-54-51-48-45-42-39-24-21-18-15-12-9-6-3)71-65(68)59-56-53-50-47-44-41-38-35-30-28-26-23-20-17-14-11-8-5-2/h28,30,62H,4-27,29,31-61H2,1-3H3/b30-28-. The van der Waals surface area contributed by atoms with Gasteiger partial charge in [-0.1, -0.05) is 315 Å². The van der Waals surface area contributed by atoms with Crippen LogP contribution in [0.5, 0.6) is 0 Å². The summed E-state index contributed by atoms with van der Waals surface area (Å²) in [5.41, 5.74) is 0. The summed E-state index contributed by atoms with van der Waals surface area (Å²) in [4.78, 5) is 38.3. The smallest absolute Gasteiger partial charge is 0.306 e. The lowest BCUT2D eigenvalue weighted by atomic mass is 10.0. The molecule has 1 unspecified atom stereocenters. The van der Waals surface area contributed by atoms with E-state index in [9.17, 15) is 14.4 Å². The molecule has 420 valence electrons. The Hall–Kier alpha value is -1.85. The summed E-state index contributed by atoms with van der Waals surface area (Å²) in [5.74, 6) is -0.840. The zero-order valence-electron chi connectivity index (χ0n) is 48.3. The van der Waals surface area contributed by atoms with E-state index in [1.54, 1.807) is 0 Å². The summed E-state index contributed by atoms with van der Waals surface area (Å²) in [6.07, 6.45) is 70.8. The predicted octanol–water partition coefficient (Wildman–Crippen LogP) is 21.7. The minimum absolute atomic E-state index is 0.0653. The van der Waals surface area contributed by atoms with Gasteiger partial charge in [0.1, 0.15) is 13.2 Å². The summed E-state index contributed by atoms with van der Waals surface area (Å²) >= 11 is 0. The van der Waals surface area contributed by atoms with E-state index >= 15 is 0 Å². The van der Waals surface area contributed by atoms with Crippen molar-refractivity contribution in [3.63, 3.8) is 0 Å². The number of esters is 3. The number of carbonyl (C=O) groups is 3. The van der Waals surface area contributed by atoms with Crippen LogP contribution in [0, 0.1) is 0 Å². The lowest BCUT2D eigenvalue weighted by Crippen LogP contribution is -2.30. The van der Waals surface area contributed by atoms with Crippen molar-refractivity contribution in [3.05, 3.63) is 12.2 Å². The number of rotatable bonds is 60. The first kappa shape index (κ1) is 69.2. The molecule has 0 amide bonds. The van der Waals surface area contributed by atoms with Gasteiger partial charge in [-0.05, 0) is 44.9 Å². The molecule has 0 aliphatic heterocycles. The molecule has 0 N–H and O–H groups in total. The SMILES string of the molecule is CCCCCCCCC/C=C\CCCCCCCCCC(=O)OC(COC(=O)CCCCCCCCCCCCCCC)COC(=O)CCCCCCCCCCCCCCCCCCCCCCCC. The topological polar surface area (TPSA) is 78.9 Å². The Bertz CT molecular complexity index is 1100. The van der Waals surface area contributed by atoms with E-state index < -0.39 is 6.10 Å². The van der Waals surface area contributed by atoms with Gasteiger partial charge in [0.15, 0.2) is 6.10 Å². The van der Waals surface area contributed by atoms with Crippen LogP contribution < -0.4 is 0 Å². The van der Waals surface area contributed by atoms with Gasteiger partial charge in [0.05, 0.1) is 0 Å². The highest BCUT2D eigenvalue weighted by atomic mass is 16.6. The third-order valence-corrected chi connectivity index (χ3v) is 14.8. The van der Waals surface area contributed by atoms with Gasteiger partial charge in [-0.2, -0.15) is 0 Å². The first-order chi connectivity index (χ1) is 35.0. The second-order valence-electron chi connectivity index (χ2n) is 22.0. The maximum atomic E-state index is 12.9. The van der Waals surface area contributed by atoms with Crippen molar-refractivity contribution >= 4 is 17.9 Å². The molecule has 71 heavy (non-hydrogen) atoms. The zero-order valence-corrected chi connectivity index (χ0v) is 48.3. The fourth-order valence-corrected chi connectivity index (χ4v) is 9.91.